The monoisotopic (exact) mass is 255 g/mol. The molecular formula is C13H21NO2S. The van der Waals surface area contributed by atoms with E-state index in [1.807, 2.05) is 39.8 Å². The van der Waals surface area contributed by atoms with Crippen LogP contribution in [0, 0.1) is 20.8 Å². The summed E-state index contributed by atoms with van der Waals surface area (Å²) >= 11 is 0. The van der Waals surface area contributed by atoms with Gasteiger partial charge in [0.1, 0.15) is 0 Å². The quantitative estimate of drug-likeness (QED) is 0.878. The largest absolute Gasteiger partial charge is 0.283 e. The van der Waals surface area contributed by atoms with E-state index in [1.165, 1.54) is 0 Å². The number of rotatable bonds is 5. The molecule has 1 rings (SSSR count). The number of nitrogens with one attached hydrogen (secondary N) is 1. The van der Waals surface area contributed by atoms with Crippen molar-refractivity contribution in [1.82, 2.24) is 0 Å². The molecule has 3 nitrogen and oxygen atoms in total. The molecule has 0 heterocycles. The second-order valence-electron chi connectivity index (χ2n) is 4.55. The molecule has 1 aromatic carbocycles. The Morgan fingerprint density at radius 2 is 1.65 bits per heavy atom. The molecule has 0 bridgehead atoms. The van der Waals surface area contributed by atoms with Crippen molar-refractivity contribution in [3.8, 4) is 0 Å². The van der Waals surface area contributed by atoms with Crippen molar-refractivity contribution in [2.75, 3.05) is 10.5 Å². The van der Waals surface area contributed by atoms with Gasteiger partial charge in [0.2, 0.25) is 10.0 Å². The summed E-state index contributed by atoms with van der Waals surface area (Å²) in [7, 11) is -3.20. The van der Waals surface area contributed by atoms with Crippen LogP contribution in [0.5, 0.6) is 0 Å². The van der Waals surface area contributed by atoms with Crippen LogP contribution in [0.4, 0.5) is 5.69 Å². The van der Waals surface area contributed by atoms with Gasteiger partial charge in [0, 0.05) is 0 Å². The molecule has 0 radical (unpaired) electrons. The topological polar surface area (TPSA) is 46.2 Å². The van der Waals surface area contributed by atoms with Crippen LogP contribution in [-0.2, 0) is 10.0 Å². The summed E-state index contributed by atoms with van der Waals surface area (Å²) in [4.78, 5) is 0. The zero-order valence-corrected chi connectivity index (χ0v) is 11.8. The maximum Gasteiger partial charge on any atom is 0.232 e. The van der Waals surface area contributed by atoms with Gasteiger partial charge in [0.15, 0.2) is 0 Å². The highest BCUT2D eigenvalue weighted by Crippen LogP contribution is 2.23. The lowest BCUT2D eigenvalue weighted by Gasteiger charge is -2.14. The number of benzene rings is 1. The van der Waals surface area contributed by atoms with E-state index < -0.39 is 10.0 Å². The molecule has 0 spiro atoms. The summed E-state index contributed by atoms with van der Waals surface area (Å²) in [6.45, 7) is 7.85. The van der Waals surface area contributed by atoms with Crippen molar-refractivity contribution in [2.45, 2.75) is 40.5 Å². The molecule has 0 aliphatic heterocycles. The average Bonchev–Trinajstić information content (AvgIpc) is 2.21. The lowest BCUT2D eigenvalue weighted by atomic mass is 10.1. The van der Waals surface area contributed by atoms with Crippen LogP contribution in [0.1, 0.15) is 36.5 Å². The van der Waals surface area contributed by atoms with Gasteiger partial charge in [-0.1, -0.05) is 31.0 Å². The normalized spacial score (nSPS) is 11.5. The highest BCUT2D eigenvalue weighted by molar-refractivity contribution is 7.92. The van der Waals surface area contributed by atoms with E-state index in [0.717, 1.165) is 28.8 Å². The van der Waals surface area contributed by atoms with E-state index in [4.69, 9.17) is 0 Å². The van der Waals surface area contributed by atoms with E-state index in [-0.39, 0.29) is 5.75 Å². The predicted octanol–water partition coefficient (Wildman–Crippen LogP) is 3.15. The fourth-order valence-electron chi connectivity index (χ4n) is 1.88. The van der Waals surface area contributed by atoms with Gasteiger partial charge in [-0.2, -0.15) is 0 Å². The fourth-order valence-corrected chi connectivity index (χ4v) is 3.29. The number of anilines is 1. The molecule has 0 amide bonds. The zero-order chi connectivity index (χ0) is 13.1. The van der Waals surface area contributed by atoms with Crippen molar-refractivity contribution < 1.29 is 8.42 Å². The van der Waals surface area contributed by atoms with Crippen LogP contribution in [0.2, 0.25) is 0 Å². The second kappa shape index (κ2) is 5.54. The molecule has 0 fully saturated rings. The number of hydrogen-bond acceptors (Lipinski definition) is 2. The van der Waals surface area contributed by atoms with Crippen LogP contribution < -0.4 is 4.72 Å². The van der Waals surface area contributed by atoms with Gasteiger partial charge in [-0.25, -0.2) is 8.42 Å². The highest BCUT2D eigenvalue weighted by atomic mass is 32.2. The summed E-state index contributed by atoms with van der Waals surface area (Å²) in [6, 6.07) is 3.98. The Morgan fingerprint density at radius 3 is 2.12 bits per heavy atom. The van der Waals surface area contributed by atoms with Crippen molar-refractivity contribution in [3.05, 3.63) is 28.8 Å². The maximum atomic E-state index is 11.8. The smallest absolute Gasteiger partial charge is 0.232 e. The average molecular weight is 255 g/mol. The molecule has 0 saturated carbocycles. The summed E-state index contributed by atoms with van der Waals surface area (Å²) in [6.07, 6.45) is 1.58. The lowest BCUT2D eigenvalue weighted by Crippen LogP contribution is -2.18. The lowest BCUT2D eigenvalue weighted by molar-refractivity contribution is 0.597. The Bertz CT molecular complexity index is 469. The number of sulfonamides is 1. The van der Waals surface area contributed by atoms with Crippen molar-refractivity contribution >= 4 is 15.7 Å². The molecule has 0 saturated heterocycles. The zero-order valence-electron chi connectivity index (χ0n) is 11.0. The van der Waals surface area contributed by atoms with Gasteiger partial charge in [0.05, 0.1) is 11.4 Å². The van der Waals surface area contributed by atoms with Gasteiger partial charge < -0.3 is 0 Å². The first-order chi connectivity index (χ1) is 7.85. The summed E-state index contributed by atoms with van der Waals surface area (Å²) < 4.78 is 26.4. The standard InChI is InChI=1S/C13H21NO2S/c1-5-6-7-17(15,16)14-13-11(3)8-10(2)9-12(13)4/h8-9,14H,5-7H2,1-4H3. The molecular weight excluding hydrogens is 234 g/mol. The molecule has 0 unspecified atom stereocenters. The molecule has 0 aliphatic carbocycles. The molecule has 1 aromatic rings. The van der Waals surface area contributed by atoms with Crippen LogP contribution in [0.3, 0.4) is 0 Å². The van der Waals surface area contributed by atoms with E-state index in [1.54, 1.807) is 0 Å². The van der Waals surface area contributed by atoms with Gasteiger partial charge >= 0.3 is 0 Å². The SMILES string of the molecule is CCCCS(=O)(=O)Nc1c(C)cc(C)cc1C. The predicted molar refractivity (Wildman–Crippen MR) is 73.0 cm³/mol. The first-order valence-corrected chi connectivity index (χ1v) is 7.59. The van der Waals surface area contributed by atoms with E-state index in [0.29, 0.717) is 6.42 Å². The number of aryl methyl sites for hydroxylation is 3. The summed E-state index contributed by atoms with van der Waals surface area (Å²) in [5.41, 5.74) is 3.83. The minimum Gasteiger partial charge on any atom is -0.283 e. The summed E-state index contributed by atoms with van der Waals surface area (Å²) in [5, 5.41) is 0. The summed E-state index contributed by atoms with van der Waals surface area (Å²) in [5.74, 6) is 0.191. The van der Waals surface area contributed by atoms with Gasteiger partial charge in [-0.15, -0.1) is 0 Å². The minimum atomic E-state index is -3.20. The number of hydrogen-bond donors (Lipinski definition) is 1. The first kappa shape index (κ1) is 14.0. The van der Waals surface area contributed by atoms with Crippen LogP contribution in [0.25, 0.3) is 0 Å². The fraction of sp³-hybridized carbons (Fsp3) is 0.538. The van der Waals surface area contributed by atoms with Gasteiger partial charge in [-0.3, -0.25) is 4.72 Å². The molecule has 0 aliphatic rings. The Hall–Kier alpha value is -1.03. The third-order valence-corrected chi connectivity index (χ3v) is 4.04. The maximum absolute atomic E-state index is 11.8. The minimum absolute atomic E-state index is 0.191. The van der Waals surface area contributed by atoms with Crippen molar-refractivity contribution in [3.63, 3.8) is 0 Å². The van der Waals surface area contributed by atoms with Crippen molar-refractivity contribution in [2.24, 2.45) is 0 Å². The Balaban J connectivity index is 2.96. The Morgan fingerprint density at radius 1 is 1.12 bits per heavy atom. The number of unbranched alkanes of at least 4 members (excludes halogenated alkanes) is 1. The molecule has 96 valence electrons. The van der Waals surface area contributed by atoms with E-state index >= 15 is 0 Å². The van der Waals surface area contributed by atoms with Gasteiger partial charge in [-0.05, 0) is 38.3 Å². The second-order valence-corrected chi connectivity index (χ2v) is 6.39. The Labute approximate surface area is 104 Å². The first-order valence-electron chi connectivity index (χ1n) is 5.94. The van der Waals surface area contributed by atoms with Crippen LogP contribution in [0.15, 0.2) is 12.1 Å². The van der Waals surface area contributed by atoms with Gasteiger partial charge in [0.25, 0.3) is 0 Å². The molecule has 0 aromatic heterocycles. The van der Waals surface area contributed by atoms with Crippen LogP contribution in [-0.4, -0.2) is 14.2 Å². The third kappa shape index (κ3) is 4.04. The molecule has 17 heavy (non-hydrogen) atoms. The highest BCUT2D eigenvalue weighted by Gasteiger charge is 2.13. The third-order valence-electron chi connectivity index (χ3n) is 2.70. The molecule has 1 N–H and O–H groups in total. The molecule has 0 atom stereocenters. The van der Waals surface area contributed by atoms with Crippen LogP contribution >= 0.6 is 0 Å². The van der Waals surface area contributed by atoms with E-state index in [2.05, 4.69) is 4.72 Å². The van der Waals surface area contributed by atoms with Crippen molar-refractivity contribution in [1.29, 1.82) is 0 Å². The van der Waals surface area contributed by atoms with E-state index in [9.17, 15) is 8.42 Å². The Kier molecular flexibility index (Phi) is 4.57. The molecule has 4 heteroatoms.